The van der Waals surface area contributed by atoms with Crippen molar-refractivity contribution in [3.05, 3.63) is 15.6 Å². The number of aromatic nitrogens is 1. The van der Waals surface area contributed by atoms with E-state index in [9.17, 15) is 0 Å². The number of rotatable bonds is 7. The summed E-state index contributed by atoms with van der Waals surface area (Å²) in [4.78, 5) is 6.33. The first-order chi connectivity index (χ1) is 10.1. The highest BCUT2D eigenvalue weighted by Crippen LogP contribution is 2.39. The van der Waals surface area contributed by atoms with Gasteiger partial charge in [0.1, 0.15) is 10.6 Å². The molecule has 1 saturated heterocycles. The maximum atomic E-state index is 5.89. The van der Waals surface area contributed by atoms with Crippen molar-refractivity contribution >= 4 is 11.3 Å². The van der Waals surface area contributed by atoms with Crippen molar-refractivity contribution in [2.75, 3.05) is 26.9 Å². The average molecular weight is 312 g/mol. The molecule has 21 heavy (non-hydrogen) atoms. The molecule has 0 spiro atoms. The largest absolute Gasteiger partial charge is 0.381 e. The van der Waals surface area contributed by atoms with Crippen LogP contribution in [0.4, 0.5) is 0 Å². The summed E-state index contributed by atoms with van der Waals surface area (Å²) in [5, 5.41) is 4.57. The minimum Gasteiger partial charge on any atom is -0.381 e. The lowest BCUT2D eigenvalue weighted by molar-refractivity contribution is -0.0949. The molecule has 120 valence electrons. The molecule has 0 unspecified atom stereocenters. The normalized spacial score (nSPS) is 18.3. The quantitative estimate of drug-likeness (QED) is 0.840. The van der Waals surface area contributed by atoms with E-state index in [1.807, 2.05) is 11.3 Å². The highest BCUT2D eigenvalue weighted by molar-refractivity contribution is 7.11. The van der Waals surface area contributed by atoms with Gasteiger partial charge in [-0.05, 0) is 18.9 Å². The Morgan fingerprint density at radius 3 is 2.67 bits per heavy atom. The Balaban J connectivity index is 2.27. The molecule has 1 fully saturated rings. The maximum Gasteiger partial charge on any atom is 0.125 e. The second kappa shape index (κ2) is 7.68. The molecule has 1 aromatic rings. The molecule has 0 amide bonds. The molecule has 0 aromatic carbocycles. The van der Waals surface area contributed by atoms with Crippen LogP contribution in [0.25, 0.3) is 0 Å². The van der Waals surface area contributed by atoms with Crippen LogP contribution in [0, 0.1) is 5.92 Å². The lowest BCUT2D eigenvalue weighted by atomic mass is 9.95. The van der Waals surface area contributed by atoms with E-state index >= 15 is 0 Å². The summed E-state index contributed by atoms with van der Waals surface area (Å²) in [5.74, 6) is 0.619. The van der Waals surface area contributed by atoms with Crippen LogP contribution in [-0.4, -0.2) is 31.9 Å². The topological polar surface area (TPSA) is 43.4 Å². The highest BCUT2D eigenvalue weighted by atomic mass is 32.1. The number of hydrogen-bond acceptors (Lipinski definition) is 5. The van der Waals surface area contributed by atoms with E-state index in [-0.39, 0.29) is 5.60 Å². The standard InChI is InChI=1S/C16H28N2O2S/c1-5-17-11-14-13(10-12(2)3)18-15(21-14)16(19-4)6-8-20-9-7-16/h12,17H,5-11H2,1-4H3. The van der Waals surface area contributed by atoms with E-state index in [2.05, 4.69) is 26.1 Å². The van der Waals surface area contributed by atoms with Crippen molar-refractivity contribution in [1.29, 1.82) is 0 Å². The molecule has 1 aliphatic rings. The molecule has 0 atom stereocenters. The Morgan fingerprint density at radius 1 is 1.38 bits per heavy atom. The van der Waals surface area contributed by atoms with Crippen molar-refractivity contribution in [3.8, 4) is 0 Å². The van der Waals surface area contributed by atoms with Crippen LogP contribution in [0.15, 0.2) is 0 Å². The number of hydrogen-bond donors (Lipinski definition) is 1. The van der Waals surface area contributed by atoms with Crippen LogP contribution in [0.1, 0.15) is 49.2 Å². The van der Waals surface area contributed by atoms with Gasteiger partial charge in [-0.15, -0.1) is 11.3 Å². The van der Waals surface area contributed by atoms with Crippen molar-refractivity contribution < 1.29 is 9.47 Å². The third-order valence-electron chi connectivity index (χ3n) is 4.00. The highest BCUT2D eigenvalue weighted by Gasteiger charge is 2.38. The second-order valence-corrected chi connectivity index (χ2v) is 7.16. The van der Waals surface area contributed by atoms with Crippen molar-refractivity contribution in [2.24, 2.45) is 5.92 Å². The van der Waals surface area contributed by atoms with Crippen LogP contribution in [0.5, 0.6) is 0 Å². The van der Waals surface area contributed by atoms with Crippen LogP contribution in [-0.2, 0) is 28.0 Å². The minimum absolute atomic E-state index is 0.237. The van der Waals surface area contributed by atoms with Gasteiger partial charge in [-0.1, -0.05) is 20.8 Å². The minimum atomic E-state index is -0.237. The average Bonchev–Trinajstić information content (AvgIpc) is 2.88. The van der Waals surface area contributed by atoms with Crippen LogP contribution in [0.3, 0.4) is 0 Å². The Hall–Kier alpha value is -0.490. The zero-order chi connectivity index (χ0) is 15.3. The summed E-state index contributed by atoms with van der Waals surface area (Å²) >= 11 is 1.82. The Labute approximate surface area is 132 Å². The monoisotopic (exact) mass is 312 g/mol. The Morgan fingerprint density at radius 2 is 2.10 bits per heavy atom. The predicted molar refractivity (Wildman–Crippen MR) is 86.8 cm³/mol. The number of ether oxygens (including phenoxy) is 2. The molecule has 2 rings (SSSR count). The zero-order valence-electron chi connectivity index (χ0n) is 13.7. The summed E-state index contributed by atoms with van der Waals surface area (Å²) in [6.45, 7) is 10.0. The van der Waals surface area contributed by atoms with Gasteiger partial charge in [0.15, 0.2) is 0 Å². The van der Waals surface area contributed by atoms with Crippen LogP contribution in [0.2, 0.25) is 0 Å². The number of nitrogens with zero attached hydrogens (tertiary/aromatic N) is 1. The molecule has 5 heteroatoms. The molecular formula is C16H28N2O2S. The fourth-order valence-electron chi connectivity index (χ4n) is 2.71. The number of nitrogens with one attached hydrogen (secondary N) is 1. The van der Waals surface area contributed by atoms with Gasteiger partial charge in [0.05, 0.1) is 5.69 Å². The second-order valence-electron chi connectivity index (χ2n) is 6.08. The molecule has 1 aliphatic heterocycles. The first-order valence-electron chi connectivity index (χ1n) is 7.94. The lowest BCUT2D eigenvalue weighted by Crippen LogP contribution is -2.35. The third-order valence-corrected chi connectivity index (χ3v) is 5.28. The van der Waals surface area contributed by atoms with Gasteiger partial charge in [0.2, 0.25) is 0 Å². The first-order valence-corrected chi connectivity index (χ1v) is 8.75. The van der Waals surface area contributed by atoms with Gasteiger partial charge in [-0.2, -0.15) is 0 Å². The summed E-state index contributed by atoms with van der Waals surface area (Å²) in [6, 6.07) is 0. The Bertz CT molecular complexity index is 439. The third kappa shape index (κ3) is 4.03. The summed E-state index contributed by atoms with van der Waals surface area (Å²) in [5.41, 5.74) is 1.01. The van der Waals surface area contributed by atoms with Crippen molar-refractivity contribution in [1.82, 2.24) is 10.3 Å². The smallest absolute Gasteiger partial charge is 0.125 e. The van der Waals surface area contributed by atoms with E-state index in [0.717, 1.165) is 50.6 Å². The van der Waals surface area contributed by atoms with Crippen molar-refractivity contribution in [2.45, 2.75) is 52.2 Å². The molecular weight excluding hydrogens is 284 g/mol. The van der Waals surface area contributed by atoms with E-state index in [1.54, 1.807) is 7.11 Å². The predicted octanol–water partition coefficient (Wildman–Crippen LogP) is 3.10. The van der Waals surface area contributed by atoms with E-state index in [0.29, 0.717) is 5.92 Å². The molecule has 0 radical (unpaired) electrons. The van der Waals surface area contributed by atoms with Gasteiger partial charge in [-0.25, -0.2) is 4.98 Å². The van der Waals surface area contributed by atoms with E-state index in [1.165, 1.54) is 10.6 Å². The van der Waals surface area contributed by atoms with Gasteiger partial charge < -0.3 is 14.8 Å². The fourth-order valence-corrected chi connectivity index (χ4v) is 3.99. The van der Waals surface area contributed by atoms with Gasteiger partial charge in [0, 0.05) is 44.6 Å². The number of methoxy groups -OCH3 is 1. The molecule has 2 heterocycles. The van der Waals surface area contributed by atoms with Gasteiger partial charge in [0.25, 0.3) is 0 Å². The SMILES string of the molecule is CCNCc1sc(C2(OC)CCOCC2)nc1CC(C)C. The van der Waals surface area contributed by atoms with Crippen LogP contribution >= 0.6 is 11.3 Å². The first kappa shape index (κ1) is 16.9. The summed E-state index contributed by atoms with van der Waals surface area (Å²) in [7, 11) is 1.80. The van der Waals surface area contributed by atoms with Gasteiger partial charge in [-0.3, -0.25) is 0 Å². The molecule has 1 N–H and O–H groups in total. The molecule has 0 aliphatic carbocycles. The van der Waals surface area contributed by atoms with Crippen LogP contribution < -0.4 is 5.32 Å². The lowest BCUT2D eigenvalue weighted by Gasteiger charge is -2.33. The van der Waals surface area contributed by atoms with E-state index in [4.69, 9.17) is 14.5 Å². The molecule has 0 bridgehead atoms. The summed E-state index contributed by atoms with van der Waals surface area (Å²) < 4.78 is 11.4. The Kier molecular flexibility index (Phi) is 6.17. The molecule has 4 nitrogen and oxygen atoms in total. The fraction of sp³-hybridized carbons (Fsp3) is 0.812. The van der Waals surface area contributed by atoms with Gasteiger partial charge >= 0.3 is 0 Å². The van der Waals surface area contributed by atoms with Crippen molar-refractivity contribution in [3.63, 3.8) is 0 Å². The maximum absolute atomic E-state index is 5.89. The molecule has 1 aromatic heterocycles. The zero-order valence-corrected chi connectivity index (χ0v) is 14.5. The molecule has 0 saturated carbocycles. The number of thiazole rings is 1. The summed E-state index contributed by atoms with van der Waals surface area (Å²) in [6.07, 6.45) is 2.84. The van der Waals surface area contributed by atoms with E-state index < -0.39 is 0 Å².